The van der Waals surface area contributed by atoms with Crippen LogP contribution in [0.15, 0.2) is 6.20 Å². The monoisotopic (exact) mass is 67.0 g/mol. The van der Waals surface area contributed by atoms with E-state index in [0.29, 0.717) is 0 Å². The Morgan fingerprint density at radius 2 is 2.60 bits per heavy atom. The van der Waals surface area contributed by atoms with E-state index >= 15 is 0 Å². The summed E-state index contributed by atoms with van der Waals surface area (Å²) in [4.78, 5) is 0. The highest BCUT2D eigenvalue weighted by atomic mass is 15.6. The Kier molecular flexibility index (Phi) is 0.0671. The van der Waals surface area contributed by atoms with Gasteiger partial charge in [-0.15, -0.1) is 5.10 Å². The third-order valence-electron chi connectivity index (χ3n) is 0.648. The molecule has 0 aromatic carbocycles. The van der Waals surface area contributed by atoms with Crippen molar-refractivity contribution >= 4 is 0 Å². The highest BCUT2D eigenvalue weighted by Gasteiger charge is 2.14. The summed E-state index contributed by atoms with van der Waals surface area (Å²) in [5.41, 5.74) is 0. The molecule has 2 aliphatic heterocycles. The molecule has 0 aromatic rings. The Morgan fingerprint density at radius 3 is 2.60 bits per heavy atom. The summed E-state index contributed by atoms with van der Waals surface area (Å²) < 4.78 is 1.72. The molecule has 3 heteroatoms. The summed E-state index contributed by atoms with van der Waals surface area (Å²) >= 11 is 0. The molecule has 0 bridgehead atoms. The molecule has 24 valence electrons. The Balaban J connectivity index is 3.13. The number of hydrogen-bond acceptors (Lipinski definition) is 2. The zero-order valence-electron chi connectivity index (χ0n) is 2.42. The van der Waals surface area contributed by atoms with Gasteiger partial charge < -0.3 is 0 Å². The van der Waals surface area contributed by atoms with E-state index in [1.807, 2.05) is 6.20 Å². The predicted molar refractivity (Wildman–Crippen MR) is 14.9 cm³/mol. The van der Waals surface area contributed by atoms with E-state index in [9.17, 15) is 0 Å². The first-order valence-electron chi connectivity index (χ1n) is 1.39. The molecule has 2 heterocycles. The van der Waals surface area contributed by atoms with Crippen LogP contribution in [0.2, 0.25) is 0 Å². The lowest BCUT2D eigenvalue weighted by Crippen LogP contribution is -1.92. The first-order chi connectivity index (χ1) is 2.47. The summed E-state index contributed by atoms with van der Waals surface area (Å²) in [6.45, 7) is 0. The van der Waals surface area contributed by atoms with Crippen molar-refractivity contribution in [2.75, 3.05) is 0 Å². The van der Waals surface area contributed by atoms with Crippen LogP contribution < -0.4 is 0 Å². The van der Waals surface area contributed by atoms with Gasteiger partial charge in [-0.25, -0.2) is 0 Å². The van der Waals surface area contributed by atoms with Gasteiger partial charge in [-0.3, -0.25) is 0 Å². The Morgan fingerprint density at radius 1 is 1.80 bits per heavy atom. The minimum Gasteiger partial charge on any atom is -0.197 e. The molecule has 0 amide bonds. The lowest BCUT2D eigenvalue weighted by molar-refractivity contribution is 0.738. The Labute approximate surface area is 28.2 Å². The standard InChI is InChI=1S/C2HN3/c1-2-3-4-5(1)2/h1H. The fourth-order valence-electron chi connectivity index (χ4n) is 0.280. The molecular weight excluding hydrogens is 66.0 g/mol. The van der Waals surface area contributed by atoms with Crippen LogP contribution >= 0.6 is 0 Å². The maximum absolute atomic E-state index is 3.56. The summed E-state index contributed by atoms with van der Waals surface area (Å²) in [7, 11) is 0. The maximum atomic E-state index is 3.56. The van der Waals surface area contributed by atoms with Crippen molar-refractivity contribution in [2.45, 2.75) is 0 Å². The molecule has 0 unspecified atom stereocenters. The Hall–Kier alpha value is -0.860. The molecule has 0 saturated heterocycles. The van der Waals surface area contributed by atoms with Gasteiger partial charge in [-0.2, -0.15) is 4.68 Å². The van der Waals surface area contributed by atoms with E-state index in [1.54, 1.807) is 4.68 Å². The highest BCUT2D eigenvalue weighted by Crippen LogP contribution is 2.10. The zero-order chi connectivity index (χ0) is 3.28. The zero-order valence-corrected chi connectivity index (χ0v) is 2.42. The largest absolute Gasteiger partial charge is 0.197 e. The number of hydrogen-bond donors (Lipinski definition) is 0. The van der Waals surface area contributed by atoms with Gasteiger partial charge >= 0.3 is 0 Å². The van der Waals surface area contributed by atoms with Crippen LogP contribution in [0.5, 0.6) is 0 Å². The van der Waals surface area contributed by atoms with Gasteiger partial charge in [-0.05, 0) is 0 Å². The van der Waals surface area contributed by atoms with E-state index in [1.165, 1.54) is 0 Å². The molecule has 0 radical (unpaired) electrons. The molecule has 0 saturated carbocycles. The summed E-state index contributed by atoms with van der Waals surface area (Å²) in [6.07, 6.45) is 1.86. The van der Waals surface area contributed by atoms with Crippen molar-refractivity contribution in [1.82, 2.24) is 15.0 Å². The number of rotatable bonds is 0. The molecule has 0 N–H and O–H groups in total. The molecule has 0 aromatic heterocycles. The van der Waals surface area contributed by atoms with Gasteiger partial charge in [0, 0.05) is 0 Å². The molecular formula is C2HN3. The van der Waals surface area contributed by atoms with E-state index in [-0.39, 0.29) is 0 Å². The third-order valence-corrected chi connectivity index (χ3v) is 0.648. The second-order valence-electron chi connectivity index (χ2n) is 1.02. The van der Waals surface area contributed by atoms with Crippen LogP contribution in [-0.2, 0) is 0 Å². The average Bonchev–Trinajstić information content (AvgIpc) is 1.74. The highest BCUT2D eigenvalue weighted by molar-refractivity contribution is 5.28. The summed E-state index contributed by atoms with van der Waals surface area (Å²) in [5.74, 6) is 1.02. The van der Waals surface area contributed by atoms with Crippen LogP contribution in [0.4, 0.5) is 0 Å². The van der Waals surface area contributed by atoms with Crippen LogP contribution in [0.25, 0.3) is 5.82 Å². The van der Waals surface area contributed by atoms with Crippen LogP contribution in [-0.4, -0.2) is 15.0 Å². The topological polar surface area (TPSA) is 30.7 Å². The lowest BCUT2D eigenvalue weighted by Gasteiger charge is -1.78. The van der Waals surface area contributed by atoms with E-state index in [4.69, 9.17) is 0 Å². The first-order valence-corrected chi connectivity index (χ1v) is 1.39. The normalized spacial score (nSPS) is 12.0. The molecule has 0 aliphatic carbocycles. The molecule has 5 heavy (non-hydrogen) atoms. The minimum atomic E-state index is 1.02. The molecule has 2 aliphatic rings. The fraction of sp³-hybridized carbons (Fsp3) is 0. The van der Waals surface area contributed by atoms with E-state index in [0.717, 1.165) is 5.82 Å². The van der Waals surface area contributed by atoms with Crippen molar-refractivity contribution in [3.05, 3.63) is 6.20 Å². The molecule has 2 rings (SSSR count). The molecule has 0 atom stereocenters. The second-order valence-corrected chi connectivity index (χ2v) is 1.02. The average molecular weight is 67.1 g/mol. The van der Waals surface area contributed by atoms with Gasteiger partial charge in [0.25, 0.3) is 0 Å². The molecule has 0 fully saturated rings. The second kappa shape index (κ2) is 0.217. The third kappa shape index (κ3) is 0.0397. The van der Waals surface area contributed by atoms with Crippen LogP contribution in [0.3, 0.4) is 0 Å². The van der Waals surface area contributed by atoms with Crippen molar-refractivity contribution in [2.24, 2.45) is 0 Å². The SMILES string of the molecule is c1c2nnn1-2. The lowest BCUT2D eigenvalue weighted by atomic mass is 11.0. The molecule has 0 spiro atoms. The van der Waals surface area contributed by atoms with Gasteiger partial charge in [-0.1, -0.05) is 5.21 Å². The Bertz CT molecular complexity index is 130. The number of aromatic nitrogens is 3. The molecule has 3 nitrogen and oxygen atoms in total. The number of nitrogens with zero attached hydrogens (tertiary/aromatic N) is 3. The van der Waals surface area contributed by atoms with Gasteiger partial charge in [0.15, 0.2) is 5.82 Å². The van der Waals surface area contributed by atoms with E-state index < -0.39 is 0 Å². The van der Waals surface area contributed by atoms with Crippen molar-refractivity contribution in [3.63, 3.8) is 0 Å². The van der Waals surface area contributed by atoms with Crippen molar-refractivity contribution in [3.8, 4) is 5.82 Å². The first kappa shape index (κ1) is 1.55. The maximum Gasteiger partial charge on any atom is 0.197 e. The number of fused-ring (bicyclic) bond motifs is 1. The summed E-state index contributed by atoms with van der Waals surface area (Å²) in [5, 5.41) is 7.06. The fourth-order valence-corrected chi connectivity index (χ4v) is 0.280. The van der Waals surface area contributed by atoms with Crippen molar-refractivity contribution in [1.29, 1.82) is 0 Å². The van der Waals surface area contributed by atoms with Crippen LogP contribution in [0.1, 0.15) is 0 Å². The predicted octanol–water partition coefficient (Wildman–Crippen LogP) is -0.419. The van der Waals surface area contributed by atoms with Gasteiger partial charge in [0.1, 0.15) is 0 Å². The summed E-state index contributed by atoms with van der Waals surface area (Å²) in [6, 6.07) is 0. The van der Waals surface area contributed by atoms with Gasteiger partial charge in [0.2, 0.25) is 0 Å². The van der Waals surface area contributed by atoms with E-state index in [2.05, 4.69) is 10.3 Å². The smallest absolute Gasteiger partial charge is 0.197 e. The van der Waals surface area contributed by atoms with Crippen LogP contribution in [0, 0.1) is 0 Å². The van der Waals surface area contributed by atoms with Gasteiger partial charge in [0.05, 0.1) is 6.20 Å². The van der Waals surface area contributed by atoms with Crippen molar-refractivity contribution < 1.29 is 0 Å². The quantitative estimate of drug-likeness (QED) is 0.419. The minimum absolute atomic E-state index is 1.02.